The molecule has 2 N–H and O–H groups in total. The van der Waals surface area contributed by atoms with Crippen LogP contribution in [0.3, 0.4) is 0 Å². The van der Waals surface area contributed by atoms with E-state index in [1.165, 1.54) is 6.20 Å². The van der Waals surface area contributed by atoms with E-state index in [9.17, 15) is 18.7 Å². The van der Waals surface area contributed by atoms with Gasteiger partial charge in [0.2, 0.25) is 5.92 Å². The van der Waals surface area contributed by atoms with Gasteiger partial charge < -0.3 is 10.4 Å². The summed E-state index contributed by atoms with van der Waals surface area (Å²) in [6.45, 7) is 1.71. The van der Waals surface area contributed by atoms with Gasteiger partial charge in [0.05, 0.1) is 16.9 Å². The van der Waals surface area contributed by atoms with E-state index in [-0.39, 0.29) is 30.7 Å². The number of aromatic nitrogens is 2. The van der Waals surface area contributed by atoms with Gasteiger partial charge in [0.15, 0.2) is 0 Å². The van der Waals surface area contributed by atoms with Crippen molar-refractivity contribution < 1.29 is 18.7 Å². The van der Waals surface area contributed by atoms with Crippen molar-refractivity contribution in [3.8, 4) is 0 Å². The number of alkyl halides is 2. The number of nitrogens with one attached hydrogen (secondary N) is 1. The maximum atomic E-state index is 13.3. The predicted molar refractivity (Wildman–Crippen MR) is 93.5 cm³/mol. The van der Waals surface area contributed by atoms with Crippen LogP contribution in [0.4, 0.5) is 8.78 Å². The first kappa shape index (κ1) is 17.5. The third kappa shape index (κ3) is 2.94. The maximum absolute atomic E-state index is 13.3. The summed E-state index contributed by atoms with van der Waals surface area (Å²) < 4.78 is 26.7. The van der Waals surface area contributed by atoms with E-state index in [1.54, 1.807) is 6.92 Å². The van der Waals surface area contributed by atoms with Crippen molar-refractivity contribution in [1.29, 1.82) is 0 Å². The predicted octanol–water partition coefficient (Wildman–Crippen LogP) is 2.97. The van der Waals surface area contributed by atoms with E-state index < -0.39 is 11.5 Å². The number of aliphatic hydroxyl groups is 1. The van der Waals surface area contributed by atoms with Crippen molar-refractivity contribution in [3.05, 3.63) is 23.3 Å². The fourth-order valence-electron chi connectivity index (χ4n) is 6.27. The van der Waals surface area contributed by atoms with Crippen LogP contribution >= 0.6 is 0 Å². The van der Waals surface area contributed by atoms with Crippen molar-refractivity contribution in [2.24, 2.45) is 17.8 Å². The van der Waals surface area contributed by atoms with E-state index in [4.69, 9.17) is 0 Å². The first-order valence-electron chi connectivity index (χ1n) is 9.96. The van der Waals surface area contributed by atoms with Gasteiger partial charge in [0.25, 0.3) is 5.91 Å². The average molecular weight is 377 g/mol. The van der Waals surface area contributed by atoms with Gasteiger partial charge in [-0.3, -0.25) is 4.79 Å². The molecule has 0 spiro atoms. The molecule has 5 saturated carbocycles. The number of hydrogen-bond donors (Lipinski definition) is 2. The standard InChI is InChI=1S/C20H25F2N3O2/c1-10-23-9-15(17(24-10)14-7-20(21,22)8-14)18(26)25-16-12-2-11-3-13(16)6-19(27,4-11)5-12/h9,11-14,16,27H,2-8H2,1H3,(H,25,26). The third-order valence-corrected chi connectivity index (χ3v) is 7.20. The molecule has 1 aromatic rings. The van der Waals surface area contributed by atoms with Crippen molar-refractivity contribution in [1.82, 2.24) is 15.3 Å². The third-order valence-electron chi connectivity index (χ3n) is 7.20. The van der Waals surface area contributed by atoms with Crippen LogP contribution in [-0.4, -0.2) is 38.5 Å². The lowest BCUT2D eigenvalue weighted by molar-refractivity contribution is -0.136. The number of amides is 1. The molecule has 0 aromatic carbocycles. The summed E-state index contributed by atoms with van der Waals surface area (Å²) in [7, 11) is 0. The Labute approximate surface area is 157 Å². The molecular weight excluding hydrogens is 352 g/mol. The first-order valence-corrected chi connectivity index (χ1v) is 9.96. The molecule has 5 fully saturated rings. The molecule has 0 saturated heterocycles. The van der Waals surface area contributed by atoms with E-state index in [0.717, 1.165) is 32.1 Å². The normalized spacial score (nSPS) is 39.3. The van der Waals surface area contributed by atoms with Crippen molar-refractivity contribution in [2.75, 3.05) is 0 Å². The van der Waals surface area contributed by atoms with Crippen LogP contribution in [0.15, 0.2) is 6.20 Å². The van der Waals surface area contributed by atoms with Crippen LogP contribution in [0.5, 0.6) is 0 Å². The largest absolute Gasteiger partial charge is 0.390 e. The monoisotopic (exact) mass is 377 g/mol. The number of rotatable bonds is 3. The SMILES string of the molecule is Cc1ncc(C(=O)NC2C3CC4CC2CC(O)(C4)C3)c(C2CC(F)(F)C2)n1. The molecule has 2 atom stereocenters. The van der Waals surface area contributed by atoms with Gasteiger partial charge in [-0.1, -0.05) is 0 Å². The fraction of sp³-hybridized carbons (Fsp3) is 0.750. The van der Waals surface area contributed by atoms with Gasteiger partial charge in [0, 0.05) is 31.0 Å². The summed E-state index contributed by atoms with van der Waals surface area (Å²) in [5.41, 5.74) is 0.231. The second kappa shape index (κ2) is 5.69. The summed E-state index contributed by atoms with van der Waals surface area (Å²) in [5, 5.41) is 13.9. The molecule has 1 heterocycles. The topological polar surface area (TPSA) is 75.1 Å². The van der Waals surface area contributed by atoms with E-state index in [2.05, 4.69) is 15.3 Å². The zero-order chi connectivity index (χ0) is 19.0. The Morgan fingerprint density at radius 2 is 1.85 bits per heavy atom. The van der Waals surface area contributed by atoms with Gasteiger partial charge in [-0.2, -0.15) is 0 Å². The molecular formula is C20H25F2N3O2. The minimum Gasteiger partial charge on any atom is -0.390 e. The Morgan fingerprint density at radius 3 is 2.44 bits per heavy atom. The van der Waals surface area contributed by atoms with Gasteiger partial charge in [-0.25, -0.2) is 18.7 Å². The van der Waals surface area contributed by atoms with E-state index in [0.29, 0.717) is 34.8 Å². The second-order valence-electron chi connectivity index (χ2n) is 9.37. The van der Waals surface area contributed by atoms with Gasteiger partial charge in [-0.05, 0) is 56.8 Å². The number of carbonyl (C=O) groups excluding carboxylic acids is 1. The second-order valence-corrected chi connectivity index (χ2v) is 9.37. The lowest BCUT2D eigenvalue weighted by atomic mass is 9.52. The highest BCUT2D eigenvalue weighted by Gasteiger charge is 2.55. The molecule has 1 amide bonds. The van der Waals surface area contributed by atoms with Crippen molar-refractivity contribution in [3.63, 3.8) is 0 Å². The van der Waals surface area contributed by atoms with Crippen LogP contribution < -0.4 is 5.32 Å². The Bertz CT molecular complexity index is 775. The first-order chi connectivity index (χ1) is 12.7. The van der Waals surface area contributed by atoms with Gasteiger partial charge in [-0.15, -0.1) is 0 Å². The van der Waals surface area contributed by atoms with Crippen LogP contribution in [0, 0.1) is 24.7 Å². The Morgan fingerprint density at radius 1 is 1.19 bits per heavy atom. The Balaban J connectivity index is 1.36. The van der Waals surface area contributed by atoms with Crippen LogP contribution in [0.25, 0.3) is 0 Å². The Hall–Kier alpha value is -1.63. The highest BCUT2D eigenvalue weighted by atomic mass is 19.3. The number of carbonyl (C=O) groups is 1. The molecule has 0 aliphatic heterocycles. The minimum absolute atomic E-state index is 0.0475. The number of nitrogens with zero attached hydrogens (tertiary/aromatic N) is 2. The lowest BCUT2D eigenvalue weighted by Gasteiger charge is -2.58. The fourth-order valence-corrected chi connectivity index (χ4v) is 6.27. The summed E-state index contributed by atoms with van der Waals surface area (Å²) in [4.78, 5) is 21.5. The molecule has 4 bridgehead atoms. The molecule has 5 aliphatic carbocycles. The molecule has 5 nitrogen and oxygen atoms in total. The number of aryl methyl sites for hydroxylation is 1. The van der Waals surface area contributed by atoms with E-state index >= 15 is 0 Å². The van der Waals surface area contributed by atoms with Crippen LogP contribution in [0.2, 0.25) is 0 Å². The molecule has 146 valence electrons. The maximum Gasteiger partial charge on any atom is 0.254 e. The average Bonchev–Trinajstić information content (AvgIpc) is 2.54. The van der Waals surface area contributed by atoms with E-state index in [1.807, 2.05) is 0 Å². The minimum atomic E-state index is -2.66. The summed E-state index contributed by atoms with van der Waals surface area (Å²) in [5.74, 6) is -1.65. The van der Waals surface area contributed by atoms with Crippen molar-refractivity contribution in [2.45, 2.75) is 75.4 Å². The smallest absolute Gasteiger partial charge is 0.254 e. The van der Waals surface area contributed by atoms with Crippen LogP contribution in [0.1, 0.15) is 72.7 Å². The molecule has 7 heteroatoms. The molecule has 5 aliphatic rings. The molecule has 1 aromatic heterocycles. The van der Waals surface area contributed by atoms with Gasteiger partial charge >= 0.3 is 0 Å². The molecule has 2 unspecified atom stereocenters. The highest BCUT2D eigenvalue weighted by molar-refractivity contribution is 5.95. The number of halogens is 2. The lowest BCUT2D eigenvalue weighted by Crippen LogP contribution is -2.61. The summed E-state index contributed by atoms with van der Waals surface area (Å²) >= 11 is 0. The zero-order valence-electron chi connectivity index (χ0n) is 15.4. The summed E-state index contributed by atoms with van der Waals surface area (Å²) in [6, 6.07) is 0.0475. The quantitative estimate of drug-likeness (QED) is 0.849. The number of hydrogen-bond acceptors (Lipinski definition) is 4. The van der Waals surface area contributed by atoms with Crippen LogP contribution in [-0.2, 0) is 0 Å². The summed E-state index contributed by atoms with van der Waals surface area (Å²) in [6.07, 6.45) is 5.46. The zero-order valence-corrected chi connectivity index (χ0v) is 15.4. The Kier molecular flexibility index (Phi) is 3.68. The van der Waals surface area contributed by atoms with Crippen molar-refractivity contribution >= 4 is 5.91 Å². The molecule has 6 rings (SSSR count). The van der Waals surface area contributed by atoms with Gasteiger partial charge in [0.1, 0.15) is 5.82 Å². The molecule has 0 radical (unpaired) electrons. The highest BCUT2D eigenvalue weighted by Crippen LogP contribution is 2.55. The molecule has 27 heavy (non-hydrogen) atoms.